The van der Waals surface area contributed by atoms with Crippen molar-refractivity contribution in [3.05, 3.63) is 66.6 Å². The number of carbonyl (C=O) groups is 1. The van der Waals surface area contributed by atoms with Crippen LogP contribution in [-0.2, 0) is 6.54 Å². The predicted octanol–water partition coefficient (Wildman–Crippen LogP) is 4.51. The molecule has 0 spiro atoms. The number of carbonyl (C=O) groups excluding carboxylic acids is 1. The van der Waals surface area contributed by atoms with Gasteiger partial charge in [-0.1, -0.05) is 18.2 Å². The Hall–Kier alpha value is -2.29. The topological polar surface area (TPSA) is 69.9 Å². The monoisotopic (exact) mass is 496 g/mol. The highest BCUT2D eigenvalue weighted by Crippen LogP contribution is 2.13. The van der Waals surface area contributed by atoms with Gasteiger partial charge in [0.1, 0.15) is 0 Å². The number of halogens is 1. The summed E-state index contributed by atoms with van der Waals surface area (Å²) in [6, 6.07) is 11.0. The van der Waals surface area contributed by atoms with E-state index < -0.39 is 0 Å². The predicted molar refractivity (Wildman–Crippen MR) is 125 cm³/mol. The summed E-state index contributed by atoms with van der Waals surface area (Å²) in [4.78, 5) is 18.9. The summed E-state index contributed by atoms with van der Waals surface area (Å²) < 4.78 is 5.12. The lowest BCUT2D eigenvalue weighted by Crippen LogP contribution is -2.39. The molecule has 0 unspecified atom stereocenters. The minimum Gasteiger partial charge on any atom is -0.459 e. The fourth-order valence-electron chi connectivity index (χ4n) is 2.56. The number of unbranched alkanes of at least 4 members (excludes halogenated alkanes) is 1. The number of nitrogens with zero attached hydrogens (tertiary/aromatic N) is 2. The van der Waals surface area contributed by atoms with E-state index in [-0.39, 0.29) is 35.6 Å². The van der Waals surface area contributed by atoms with E-state index in [0.29, 0.717) is 12.2 Å². The van der Waals surface area contributed by atoms with Crippen molar-refractivity contribution in [2.24, 2.45) is 4.99 Å². The SMILES string of the molecule is C=CCCCN(C)C(=NCc1cccc(NC(=O)c2ccco2)c1)NCC.I. The van der Waals surface area contributed by atoms with Crippen LogP contribution in [-0.4, -0.2) is 36.9 Å². The summed E-state index contributed by atoms with van der Waals surface area (Å²) in [5.41, 5.74) is 1.73. The summed E-state index contributed by atoms with van der Waals surface area (Å²) in [5.74, 6) is 0.886. The Morgan fingerprint density at radius 2 is 2.14 bits per heavy atom. The molecule has 0 atom stereocenters. The van der Waals surface area contributed by atoms with Crippen LogP contribution in [0.25, 0.3) is 0 Å². The first-order valence-corrected chi connectivity index (χ1v) is 9.18. The van der Waals surface area contributed by atoms with Crippen LogP contribution in [0.2, 0.25) is 0 Å². The van der Waals surface area contributed by atoms with Gasteiger partial charge in [0.15, 0.2) is 11.7 Å². The molecular weight excluding hydrogens is 467 g/mol. The second-order valence-corrected chi connectivity index (χ2v) is 6.15. The molecule has 2 rings (SSSR count). The van der Waals surface area contributed by atoms with E-state index in [1.54, 1.807) is 12.1 Å². The molecule has 1 aromatic carbocycles. The van der Waals surface area contributed by atoms with Crippen molar-refractivity contribution in [1.29, 1.82) is 0 Å². The lowest BCUT2D eigenvalue weighted by atomic mass is 10.2. The third-order valence-electron chi connectivity index (χ3n) is 3.94. The van der Waals surface area contributed by atoms with Crippen molar-refractivity contribution in [1.82, 2.24) is 10.2 Å². The molecule has 0 saturated carbocycles. The molecule has 152 valence electrons. The Bertz CT molecular complexity index is 760. The summed E-state index contributed by atoms with van der Waals surface area (Å²) in [7, 11) is 2.03. The molecule has 0 bridgehead atoms. The number of anilines is 1. The van der Waals surface area contributed by atoms with Crippen LogP contribution in [0, 0.1) is 0 Å². The van der Waals surface area contributed by atoms with Gasteiger partial charge in [0.25, 0.3) is 5.91 Å². The number of hydrogen-bond acceptors (Lipinski definition) is 3. The Kier molecular flexibility index (Phi) is 11.0. The van der Waals surface area contributed by atoms with Gasteiger partial charge in [-0.3, -0.25) is 4.79 Å². The zero-order valence-electron chi connectivity index (χ0n) is 16.5. The first-order chi connectivity index (χ1) is 13.1. The van der Waals surface area contributed by atoms with Crippen molar-refractivity contribution >= 4 is 41.5 Å². The molecule has 28 heavy (non-hydrogen) atoms. The standard InChI is InChI=1S/C21H28N4O2.HI/c1-4-6-7-13-25(3)21(22-5-2)23-16-17-10-8-11-18(15-17)24-20(26)19-12-9-14-27-19;/h4,8-12,14-15H,1,5-7,13,16H2,2-3H3,(H,22,23)(H,24,26);1H. The van der Waals surface area contributed by atoms with E-state index in [0.717, 1.165) is 37.5 Å². The number of hydrogen-bond donors (Lipinski definition) is 2. The van der Waals surface area contributed by atoms with Crippen LogP contribution >= 0.6 is 24.0 Å². The maximum atomic E-state index is 12.1. The van der Waals surface area contributed by atoms with Gasteiger partial charge in [0, 0.05) is 25.8 Å². The molecule has 0 saturated heterocycles. The van der Waals surface area contributed by atoms with E-state index in [2.05, 4.69) is 29.0 Å². The second-order valence-electron chi connectivity index (χ2n) is 6.15. The number of aliphatic imine (C=N–C) groups is 1. The molecule has 0 aliphatic carbocycles. The highest BCUT2D eigenvalue weighted by atomic mass is 127. The molecule has 0 aliphatic rings. The number of amides is 1. The van der Waals surface area contributed by atoms with Crippen LogP contribution < -0.4 is 10.6 Å². The summed E-state index contributed by atoms with van der Waals surface area (Å²) >= 11 is 0. The molecular formula is C21H29IN4O2. The molecule has 2 aromatic rings. The molecule has 0 fully saturated rings. The van der Waals surface area contributed by atoms with Gasteiger partial charge in [-0.2, -0.15) is 0 Å². The van der Waals surface area contributed by atoms with Gasteiger partial charge < -0.3 is 20.0 Å². The van der Waals surface area contributed by atoms with Gasteiger partial charge >= 0.3 is 0 Å². The molecule has 6 nitrogen and oxygen atoms in total. The van der Waals surface area contributed by atoms with Gasteiger partial charge in [0.05, 0.1) is 12.8 Å². The Labute approximate surface area is 184 Å². The van der Waals surface area contributed by atoms with E-state index in [9.17, 15) is 4.79 Å². The number of furan rings is 1. The number of allylic oxidation sites excluding steroid dienone is 1. The Morgan fingerprint density at radius 3 is 2.82 bits per heavy atom. The number of guanidine groups is 1. The van der Waals surface area contributed by atoms with E-state index >= 15 is 0 Å². The third kappa shape index (κ3) is 7.75. The fourth-order valence-corrected chi connectivity index (χ4v) is 2.56. The molecule has 1 heterocycles. The van der Waals surface area contributed by atoms with Crippen molar-refractivity contribution in [2.75, 3.05) is 25.5 Å². The number of benzene rings is 1. The van der Waals surface area contributed by atoms with E-state index in [4.69, 9.17) is 9.41 Å². The lowest BCUT2D eigenvalue weighted by molar-refractivity contribution is 0.0996. The van der Waals surface area contributed by atoms with Gasteiger partial charge in [-0.25, -0.2) is 4.99 Å². The molecule has 0 aliphatic heterocycles. The number of nitrogens with one attached hydrogen (secondary N) is 2. The highest BCUT2D eigenvalue weighted by Gasteiger charge is 2.09. The van der Waals surface area contributed by atoms with Crippen LogP contribution in [0.15, 0.2) is 64.7 Å². The van der Waals surface area contributed by atoms with Crippen molar-refractivity contribution in [3.8, 4) is 0 Å². The van der Waals surface area contributed by atoms with Crippen molar-refractivity contribution < 1.29 is 9.21 Å². The average molecular weight is 496 g/mol. The van der Waals surface area contributed by atoms with Crippen LogP contribution in [0.4, 0.5) is 5.69 Å². The maximum absolute atomic E-state index is 12.1. The first kappa shape index (κ1) is 23.7. The van der Waals surface area contributed by atoms with E-state index in [1.807, 2.05) is 37.4 Å². The fraction of sp³-hybridized carbons (Fsp3) is 0.333. The molecule has 1 aromatic heterocycles. The largest absolute Gasteiger partial charge is 0.459 e. The maximum Gasteiger partial charge on any atom is 0.291 e. The Morgan fingerprint density at radius 1 is 1.32 bits per heavy atom. The quantitative estimate of drug-likeness (QED) is 0.176. The van der Waals surface area contributed by atoms with Crippen LogP contribution in [0.5, 0.6) is 0 Å². The molecule has 1 amide bonds. The lowest BCUT2D eigenvalue weighted by Gasteiger charge is -2.21. The van der Waals surface area contributed by atoms with Gasteiger partial charge in [0.2, 0.25) is 0 Å². The average Bonchev–Trinajstić information content (AvgIpc) is 3.20. The second kappa shape index (κ2) is 13.0. The minimum atomic E-state index is -0.268. The highest BCUT2D eigenvalue weighted by molar-refractivity contribution is 14.0. The zero-order valence-corrected chi connectivity index (χ0v) is 18.8. The smallest absolute Gasteiger partial charge is 0.291 e. The summed E-state index contributed by atoms with van der Waals surface area (Å²) in [6.45, 7) is 8.06. The van der Waals surface area contributed by atoms with Crippen molar-refractivity contribution in [2.45, 2.75) is 26.3 Å². The third-order valence-corrected chi connectivity index (χ3v) is 3.94. The molecule has 2 N–H and O–H groups in total. The normalized spacial score (nSPS) is 10.7. The Balaban J connectivity index is 0.00000392. The molecule has 0 radical (unpaired) electrons. The first-order valence-electron chi connectivity index (χ1n) is 9.18. The summed E-state index contributed by atoms with van der Waals surface area (Å²) in [6.07, 6.45) is 5.44. The van der Waals surface area contributed by atoms with Crippen LogP contribution in [0.1, 0.15) is 35.9 Å². The van der Waals surface area contributed by atoms with Gasteiger partial charge in [-0.15, -0.1) is 30.6 Å². The van der Waals surface area contributed by atoms with Crippen molar-refractivity contribution in [3.63, 3.8) is 0 Å². The minimum absolute atomic E-state index is 0. The molecule has 7 heteroatoms. The van der Waals surface area contributed by atoms with Gasteiger partial charge in [-0.05, 0) is 49.6 Å². The van der Waals surface area contributed by atoms with E-state index in [1.165, 1.54) is 6.26 Å². The number of rotatable bonds is 9. The zero-order chi connectivity index (χ0) is 19.5. The summed E-state index contributed by atoms with van der Waals surface area (Å²) in [5, 5.41) is 6.15. The van der Waals surface area contributed by atoms with Crippen LogP contribution in [0.3, 0.4) is 0 Å².